The summed E-state index contributed by atoms with van der Waals surface area (Å²) >= 11 is 0. The lowest BCUT2D eigenvalue weighted by molar-refractivity contribution is -0.145. The number of amides is 2. The van der Waals surface area contributed by atoms with Crippen molar-refractivity contribution in [1.82, 2.24) is 15.1 Å². The molecule has 1 aromatic rings. The number of nitrogens with one attached hydrogen (secondary N) is 1. The zero-order valence-electron chi connectivity index (χ0n) is 19.3. The van der Waals surface area contributed by atoms with Gasteiger partial charge in [-0.15, -0.1) is 0 Å². The second-order valence-electron chi connectivity index (χ2n) is 9.57. The van der Waals surface area contributed by atoms with E-state index in [1.54, 1.807) is 0 Å². The summed E-state index contributed by atoms with van der Waals surface area (Å²) in [7, 11) is 0. The van der Waals surface area contributed by atoms with Gasteiger partial charge >= 0.3 is 0 Å². The van der Waals surface area contributed by atoms with Crippen molar-refractivity contribution < 1.29 is 14.3 Å². The van der Waals surface area contributed by atoms with Gasteiger partial charge in [-0.3, -0.25) is 14.5 Å². The van der Waals surface area contributed by atoms with E-state index in [0.717, 1.165) is 51.8 Å². The van der Waals surface area contributed by atoms with Crippen LogP contribution in [0.3, 0.4) is 0 Å². The molecule has 0 aromatic heterocycles. The molecule has 1 saturated carbocycles. The lowest BCUT2D eigenvalue weighted by atomic mass is 9.93. The first-order valence-electron chi connectivity index (χ1n) is 12.2. The van der Waals surface area contributed by atoms with Crippen LogP contribution in [0.2, 0.25) is 0 Å². The number of rotatable bonds is 9. The van der Waals surface area contributed by atoms with Crippen molar-refractivity contribution >= 4 is 11.8 Å². The van der Waals surface area contributed by atoms with E-state index in [9.17, 15) is 9.59 Å². The molecule has 176 valence electrons. The summed E-state index contributed by atoms with van der Waals surface area (Å²) in [6.07, 6.45) is 5.90. The first-order valence-corrected chi connectivity index (χ1v) is 12.2. The largest absolute Gasteiger partial charge is 0.377 e. The Hall–Kier alpha value is -1.96. The highest BCUT2D eigenvalue weighted by Gasteiger charge is 2.43. The predicted molar refractivity (Wildman–Crippen MR) is 124 cm³/mol. The van der Waals surface area contributed by atoms with Crippen molar-refractivity contribution in [3.8, 4) is 0 Å². The van der Waals surface area contributed by atoms with E-state index in [2.05, 4.69) is 41.4 Å². The van der Waals surface area contributed by atoms with Gasteiger partial charge in [-0.1, -0.05) is 24.3 Å². The SMILES string of the molecule is Cc1ccccc1CN(CC1CCCO1)C1CCN(C(=O)C2CC2)[C@@H](C(=O)NCCN)C1. The van der Waals surface area contributed by atoms with Gasteiger partial charge in [-0.25, -0.2) is 0 Å². The first-order chi connectivity index (χ1) is 15.6. The number of nitrogens with zero attached hydrogens (tertiary/aromatic N) is 2. The van der Waals surface area contributed by atoms with Crippen molar-refractivity contribution in [2.24, 2.45) is 11.7 Å². The van der Waals surface area contributed by atoms with Gasteiger partial charge in [0.1, 0.15) is 6.04 Å². The Bertz CT molecular complexity index is 791. The highest BCUT2D eigenvalue weighted by Crippen LogP contribution is 2.34. The molecule has 2 heterocycles. The molecule has 0 radical (unpaired) electrons. The minimum absolute atomic E-state index is 0.0675. The standard InChI is InChI=1S/C25H38N4O3/c1-18-5-2-3-6-20(18)16-28(17-22-7-4-14-32-22)21-10-13-29(25(31)19-8-9-19)23(15-21)24(30)27-12-11-26/h2-3,5-6,19,21-23H,4,7-17,26H2,1H3,(H,27,30)/t21?,22?,23-/m1/s1. The van der Waals surface area contributed by atoms with Crippen LogP contribution >= 0.6 is 0 Å². The molecule has 2 unspecified atom stereocenters. The van der Waals surface area contributed by atoms with Crippen molar-refractivity contribution in [3.63, 3.8) is 0 Å². The van der Waals surface area contributed by atoms with Crippen molar-refractivity contribution in [2.75, 3.05) is 32.8 Å². The number of nitrogens with two attached hydrogens (primary N) is 1. The van der Waals surface area contributed by atoms with Gasteiger partial charge < -0.3 is 20.7 Å². The third-order valence-electron chi connectivity index (χ3n) is 7.14. The number of hydrogen-bond acceptors (Lipinski definition) is 5. The molecule has 0 spiro atoms. The Morgan fingerprint density at radius 2 is 2.03 bits per heavy atom. The van der Waals surface area contributed by atoms with Crippen LogP contribution < -0.4 is 11.1 Å². The lowest BCUT2D eigenvalue weighted by Gasteiger charge is -2.43. The molecule has 1 aliphatic carbocycles. The van der Waals surface area contributed by atoms with E-state index < -0.39 is 6.04 Å². The maximum atomic E-state index is 13.0. The van der Waals surface area contributed by atoms with Gasteiger partial charge in [0, 0.05) is 51.3 Å². The Labute approximate surface area is 191 Å². The molecule has 2 saturated heterocycles. The molecule has 4 rings (SSSR count). The topological polar surface area (TPSA) is 87.9 Å². The van der Waals surface area contributed by atoms with Gasteiger partial charge in [-0.05, 0) is 56.6 Å². The molecule has 0 bridgehead atoms. The summed E-state index contributed by atoms with van der Waals surface area (Å²) in [6, 6.07) is 8.32. The molecule has 2 amide bonds. The summed E-state index contributed by atoms with van der Waals surface area (Å²) in [4.78, 5) is 30.3. The van der Waals surface area contributed by atoms with Crippen LogP contribution in [0.4, 0.5) is 0 Å². The summed E-state index contributed by atoms with van der Waals surface area (Å²) in [5.41, 5.74) is 8.20. The smallest absolute Gasteiger partial charge is 0.242 e. The normalized spacial score (nSPS) is 25.8. The van der Waals surface area contributed by atoms with E-state index in [-0.39, 0.29) is 29.9 Å². The molecule has 3 atom stereocenters. The van der Waals surface area contributed by atoms with Gasteiger partial charge in [0.2, 0.25) is 11.8 Å². The molecule has 3 N–H and O–H groups in total. The number of likely N-dealkylation sites (tertiary alicyclic amines) is 1. The molecule has 3 aliphatic rings. The summed E-state index contributed by atoms with van der Waals surface area (Å²) < 4.78 is 5.97. The minimum atomic E-state index is -0.419. The molecular weight excluding hydrogens is 404 g/mol. The van der Waals surface area contributed by atoms with Crippen LogP contribution in [0, 0.1) is 12.8 Å². The monoisotopic (exact) mass is 442 g/mol. The third kappa shape index (κ3) is 5.69. The van der Waals surface area contributed by atoms with Crippen LogP contribution in [-0.2, 0) is 20.9 Å². The number of ether oxygens (including phenoxy) is 1. The molecule has 1 aromatic carbocycles. The molecule has 2 aliphatic heterocycles. The number of aryl methyl sites for hydroxylation is 1. The van der Waals surface area contributed by atoms with Gasteiger partial charge in [0.15, 0.2) is 0 Å². The quantitative estimate of drug-likeness (QED) is 0.609. The highest BCUT2D eigenvalue weighted by molar-refractivity contribution is 5.89. The summed E-state index contributed by atoms with van der Waals surface area (Å²) in [5, 5.41) is 2.94. The Balaban J connectivity index is 1.52. The van der Waals surface area contributed by atoms with Crippen molar-refractivity contribution in [1.29, 1.82) is 0 Å². The van der Waals surface area contributed by atoms with E-state index in [1.807, 2.05) is 4.90 Å². The average molecular weight is 443 g/mol. The fourth-order valence-electron chi connectivity index (χ4n) is 5.07. The van der Waals surface area contributed by atoms with Crippen LogP contribution in [0.1, 0.15) is 49.7 Å². The number of benzene rings is 1. The average Bonchev–Trinajstić information content (AvgIpc) is 3.54. The molecule has 3 fully saturated rings. The van der Waals surface area contributed by atoms with Crippen LogP contribution in [-0.4, -0.2) is 72.6 Å². The zero-order valence-corrected chi connectivity index (χ0v) is 19.3. The van der Waals surface area contributed by atoms with Crippen molar-refractivity contribution in [2.45, 2.75) is 70.2 Å². The minimum Gasteiger partial charge on any atom is -0.377 e. The number of hydrogen-bond donors (Lipinski definition) is 2. The number of carbonyl (C=O) groups is 2. The Morgan fingerprint density at radius 3 is 2.72 bits per heavy atom. The second-order valence-corrected chi connectivity index (χ2v) is 9.57. The third-order valence-corrected chi connectivity index (χ3v) is 7.14. The van der Waals surface area contributed by atoms with E-state index in [0.29, 0.717) is 26.1 Å². The van der Waals surface area contributed by atoms with E-state index in [1.165, 1.54) is 11.1 Å². The van der Waals surface area contributed by atoms with E-state index >= 15 is 0 Å². The van der Waals surface area contributed by atoms with Gasteiger partial charge in [0.05, 0.1) is 6.10 Å². The summed E-state index contributed by atoms with van der Waals surface area (Å²) in [6.45, 7) is 6.17. The predicted octanol–water partition coefficient (Wildman–Crippen LogP) is 1.82. The van der Waals surface area contributed by atoms with Crippen LogP contribution in [0.5, 0.6) is 0 Å². The first kappa shape index (κ1) is 23.2. The maximum absolute atomic E-state index is 13.0. The van der Waals surface area contributed by atoms with E-state index in [4.69, 9.17) is 10.5 Å². The maximum Gasteiger partial charge on any atom is 0.242 e. The molecular formula is C25H38N4O3. The summed E-state index contributed by atoms with van der Waals surface area (Å²) in [5.74, 6) is 0.203. The fourth-order valence-corrected chi connectivity index (χ4v) is 5.07. The lowest BCUT2D eigenvalue weighted by Crippen LogP contribution is -2.58. The Morgan fingerprint density at radius 1 is 1.22 bits per heavy atom. The second kappa shape index (κ2) is 10.8. The van der Waals surface area contributed by atoms with Gasteiger partial charge in [0.25, 0.3) is 0 Å². The number of carbonyl (C=O) groups excluding carboxylic acids is 2. The Kier molecular flexibility index (Phi) is 7.81. The van der Waals surface area contributed by atoms with Crippen molar-refractivity contribution in [3.05, 3.63) is 35.4 Å². The van der Waals surface area contributed by atoms with Crippen LogP contribution in [0.25, 0.3) is 0 Å². The zero-order chi connectivity index (χ0) is 22.5. The van der Waals surface area contributed by atoms with Gasteiger partial charge in [-0.2, -0.15) is 0 Å². The molecule has 7 heteroatoms. The molecule has 32 heavy (non-hydrogen) atoms. The molecule has 7 nitrogen and oxygen atoms in total. The highest BCUT2D eigenvalue weighted by atomic mass is 16.5. The van der Waals surface area contributed by atoms with Crippen LogP contribution in [0.15, 0.2) is 24.3 Å². The number of piperidine rings is 1. The fraction of sp³-hybridized carbons (Fsp3) is 0.680.